The summed E-state index contributed by atoms with van der Waals surface area (Å²) in [4.78, 5) is 10.9. The molecule has 1 aromatic rings. The zero-order chi connectivity index (χ0) is 9.84. The largest absolute Gasteiger partial charge is 0.481 e. The van der Waals surface area contributed by atoms with Gasteiger partial charge in [-0.1, -0.05) is 13.8 Å². The van der Waals surface area contributed by atoms with Crippen LogP contribution in [0, 0.1) is 5.92 Å². The van der Waals surface area contributed by atoms with E-state index in [0.717, 1.165) is 0 Å². The number of carboxylic acids is 1. The molecular formula is C10H14O3. The second-order valence-electron chi connectivity index (χ2n) is 3.54. The van der Waals surface area contributed by atoms with Gasteiger partial charge in [0.1, 0.15) is 11.7 Å². The standard InChI is InChI=1S/C10H14O3/c1-7(2)6-8(10(11)12)9-4-3-5-13-9/h3-5,7-8H,6H2,1-2H3,(H,11,12). The summed E-state index contributed by atoms with van der Waals surface area (Å²) < 4.78 is 5.08. The highest BCUT2D eigenvalue weighted by molar-refractivity contribution is 5.75. The molecule has 0 spiro atoms. The number of hydrogen-bond donors (Lipinski definition) is 1. The first-order chi connectivity index (χ1) is 6.11. The van der Waals surface area contributed by atoms with Crippen molar-refractivity contribution in [3.05, 3.63) is 24.2 Å². The Morgan fingerprint density at radius 1 is 1.62 bits per heavy atom. The van der Waals surface area contributed by atoms with Gasteiger partial charge < -0.3 is 9.52 Å². The molecule has 1 rings (SSSR count). The molecule has 72 valence electrons. The lowest BCUT2D eigenvalue weighted by Crippen LogP contribution is -2.13. The van der Waals surface area contributed by atoms with Gasteiger partial charge in [-0.15, -0.1) is 0 Å². The van der Waals surface area contributed by atoms with Gasteiger partial charge in [-0.3, -0.25) is 4.79 Å². The predicted octanol–water partition coefficient (Wildman–Crippen LogP) is 2.49. The second-order valence-corrected chi connectivity index (χ2v) is 3.54. The van der Waals surface area contributed by atoms with Gasteiger partial charge in [-0.2, -0.15) is 0 Å². The van der Waals surface area contributed by atoms with Crippen LogP contribution in [0.5, 0.6) is 0 Å². The van der Waals surface area contributed by atoms with Crippen LogP contribution in [0.15, 0.2) is 22.8 Å². The molecule has 0 bridgehead atoms. The quantitative estimate of drug-likeness (QED) is 0.778. The van der Waals surface area contributed by atoms with Crippen LogP contribution < -0.4 is 0 Å². The summed E-state index contributed by atoms with van der Waals surface area (Å²) in [5.41, 5.74) is 0. The van der Waals surface area contributed by atoms with E-state index in [9.17, 15) is 4.79 Å². The first kappa shape index (κ1) is 9.84. The molecule has 0 aliphatic rings. The molecule has 1 N–H and O–H groups in total. The monoisotopic (exact) mass is 182 g/mol. The molecule has 0 aromatic carbocycles. The van der Waals surface area contributed by atoms with E-state index >= 15 is 0 Å². The summed E-state index contributed by atoms with van der Waals surface area (Å²) >= 11 is 0. The zero-order valence-corrected chi connectivity index (χ0v) is 7.86. The number of hydrogen-bond acceptors (Lipinski definition) is 2. The lowest BCUT2D eigenvalue weighted by Gasteiger charge is -2.11. The number of rotatable bonds is 4. The van der Waals surface area contributed by atoms with E-state index in [4.69, 9.17) is 9.52 Å². The fraction of sp³-hybridized carbons (Fsp3) is 0.500. The van der Waals surface area contributed by atoms with E-state index < -0.39 is 11.9 Å². The van der Waals surface area contributed by atoms with Crippen molar-refractivity contribution < 1.29 is 14.3 Å². The van der Waals surface area contributed by atoms with E-state index in [1.54, 1.807) is 12.1 Å². The van der Waals surface area contributed by atoms with Gasteiger partial charge in [-0.05, 0) is 24.5 Å². The third-order valence-corrected chi connectivity index (χ3v) is 1.89. The third-order valence-electron chi connectivity index (χ3n) is 1.89. The normalized spacial score (nSPS) is 13.2. The number of carbonyl (C=O) groups is 1. The van der Waals surface area contributed by atoms with Crippen molar-refractivity contribution in [2.75, 3.05) is 0 Å². The molecule has 1 unspecified atom stereocenters. The molecule has 0 aliphatic heterocycles. The minimum Gasteiger partial charge on any atom is -0.481 e. The Morgan fingerprint density at radius 2 is 2.31 bits per heavy atom. The highest BCUT2D eigenvalue weighted by atomic mass is 16.4. The second kappa shape index (κ2) is 4.12. The van der Waals surface area contributed by atoms with E-state index in [1.807, 2.05) is 13.8 Å². The van der Waals surface area contributed by atoms with Gasteiger partial charge in [0.2, 0.25) is 0 Å². The Hall–Kier alpha value is -1.25. The summed E-state index contributed by atoms with van der Waals surface area (Å²) in [6, 6.07) is 3.42. The summed E-state index contributed by atoms with van der Waals surface area (Å²) in [6.07, 6.45) is 2.12. The Morgan fingerprint density at radius 3 is 2.69 bits per heavy atom. The minimum atomic E-state index is -0.816. The van der Waals surface area contributed by atoms with Gasteiger partial charge in [0, 0.05) is 0 Å². The van der Waals surface area contributed by atoms with Gasteiger partial charge in [0.05, 0.1) is 6.26 Å². The molecule has 3 heteroatoms. The number of aliphatic carboxylic acids is 1. The van der Waals surface area contributed by atoms with Crippen molar-refractivity contribution in [1.82, 2.24) is 0 Å². The lowest BCUT2D eigenvalue weighted by molar-refractivity contribution is -0.139. The Labute approximate surface area is 77.4 Å². The van der Waals surface area contributed by atoms with Crippen molar-refractivity contribution in [2.24, 2.45) is 5.92 Å². The molecule has 3 nitrogen and oxygen atoms in total. The highest BCUT2D eigenvalue weighted by Crippen LogP contribution is 2.24. The molecule has 0 amide bonds. The average Bonchev–Trinajstić information content (AvgIpc) is 2.50. The van der Waals surface area contributed by atoms with E-state index in [2.05, 4.69) is 0 Å². The molecule has 0 aliphatic carbocycles. The maximum atomic E-state index is 10.9. The maximum Gasteiger partial charge on any atom is 0.314 e. The van der Waals surface area contributed by atoms with Crippen LogP contribution in [0.1, 0.15) is 31.9 Å². The summed E-state index contributed by atoms with van der Waals surface area (Å²) in [7, 11) is 0. The highest BCUT2D eigenvalue weighted by Gasteiger charge is 2.23. The van der Waals surface area contributed by atoms with Gasteiger partial charge in [0.25, 0.3) is 0 Å². The van der Waals surface area contributed by atoms with Crippen LogP contribution >= 0.6 is 0 Å². The van der Waals surface area contributed by atoms with Crippen molar-refractivity contribution in [3.63, 3.8) is 0 Å². The molecule has 1 aromatic heterocycles. The molecule has 0 saturated carbocycles. The fourth-order valence-corrected chi connectivity index (χ4v) is 1.30. The van der Waals surface area contributed by atoms with Crippen LogP contribution in [-0.4, -0.2) is 11.1 Å². The molecule has 13 heavy (non-hydrogen) atoms. The van der Waals surface area contributed by atoms with Crippen LogP contribution in [-0.2, 0) is 4.79 Å². The van der Waals surface area contributed by atoms with Gasteiger partial charge in [0.15, 0.2) is 0 Å². The number of carboxylic acid groups (broad SMARTS) is 1. The predicted molar refractivity (Wildman–Crippen MR) is 48.5 cm³/mol. The Kier molecular flexibility index (Phi) is 3.12. The maximum absolute atomic E-state index is 10.9. The molecular weight excluding hydrogens is 168 g/mol. The minimum absolute atomic E-state index is 0.353. The molecule has 0 saturated heterocycles. The topological polar surface area (TPSA) is 50.4 Å². The molecule has 1 heterocycles. The average molecular weight is 182 g/mol. The van der Waals surface area contributed by atoms with Crippen molar-refractivity contribution in [3.8, 4) is 0 Å². The molecule has 0 radical (unpaired) electrons. The number of furan rings is 1. The Bertz CT molecular complexity index is 262. The summed E-state index contributed by atoms with van der Waals surface area (Å²) in [5.74, 6) is -0.425. The van der Waals surface area contributed by atoms with Crippen molar-refractivity contribution >= 4 is 5.97 Å². The smallest absolute Gasteiger partial charge is 0.314 e. The van der Waals surface area contributed by atoms with Crippen LogP contribution in [0.2, 0.25) is 0 Å². The molecule has 1 atom stereocenters. The first-order valence-electron chi connectivity index (χ1n) is 4.37. The zero-order valence-electron chi connectivity index (χ0n) is 7.86. The van der Waals surface area contributed by atoms with Gasteiger partial charge in [-0.25, -0.2) is 0 Å². The van der Waals surface area contributed by atoms with Gasteiger partial charge >= 0.3 is 5.97 Å². The van der Waals surface area contributed by atoms with Crippen LogP contribution in [0.25, 0.3) is 0 Å². The van der Waals surface area contributed by atoms with E-state index in [-0.39, 0.29) is 0 Å². The third kappa shape index (κ3) is 2.61. The van der Waals surface area contributed by atoms with Crippen LogP contribution in [0.3, 0.4) is 0 Å². The molecule has 0 fully saturated rings. The Balaban J connectivity index is 2.75. The van der Waals surface area contributed by atoms with E-state index in [1.165, 1.54) is 6.26 Å². The lowest BCUT2D eigenvalue weighted by atomic mass is 9.95. The van der Waals surface area contributed by atoms with Crippen LogP contribution in [0.4, 0.5) is 0 Å². The SMILES string of the molecule is CC(C)CC(C(=O)O)c1ccco1. The van der Waals surface area contributed by atoms with Crippen molar-refractivity contribution in [2.45, 2.75) is 26.2 Å². The summed E-state index contributed by atoms with van der Waals surface area (Å²) in [5, 5.41) is 8.93. The first-order valence-corrected chi connectivity index (χ1v) is 4.37. The van der Waals surface area contributed by atoms with E-state index in [0.29, 0.717) is 18.1 Å². The van der Waals surface area contributed by atoms with Crippen molar-refractivity contribution in [1.29, 1.82) is 0 Å². The fourth-order valence-electron chi connectivity index (χ4n) is 1.30. The summed E-state index contributed by atoms with van der Waals surface area (Å²) in [6.45, 7) is 4.00.